The lowest BCUT2D eigenvalue weighted by Crippen LogP contribution is -2.40. The molecule has 0 unspecified atom stereocenters. The van der Waals surface area contributed by atoms with Gasteiger partial charge in [-0.15, -0.1) is 12.4 Å². The average Bonchev–Trinajstić information content (AvgIpc) is 2.62. The molecule has 0 saturated carbocycles. The smallest absolute Gasteiger partial charge is 0.405 e. The summed E-state index contributed by atoms with van der Waals surface area (Å²) < 4.78 is 44.6. The Morgan fingerprint density at radius 1 is 1.27 bits per heavy atom. The van der Waals surface area contributed by atoms with Gasteiger partial charge >= 0.3 is 6.18 Å². The molecule has 2 heterocycles. The van der Waals surface area contributed by atoms with Crippen molar-refractivity contribution in [3.05, 3.63) is 21.7 Å². The molecule has 0 fully saturated rings. The molecule has 124 valence electrons. The van der Waals surface area contributed by atoms with Gasteiger partial charge in [0.05, 0.1) is 12.2 Å². The van der Waals surface area contributed by atoms with Crippen LogP contribution in [0, 0.1) is 0 Å². The van der Waals surface area contributed by atoms with E-state index in [2.05, 4.69) is 21.2 Å². The van der Waals surface area contributed by atoms with Gasteiger partial charge in [0.1, 0.15) is 18.9 Å². The maximum Gasteiger partial charge on any atom is 0.405 e. The summed E-state index contributed by atoms with van der Waals surface area (Å²) in [6, 6.07) is 1.91. The van der Waals surface area contributed by atoms with E-state index in [1.165, 1.54) is 4.90 Å². The highest BCUT2D eigenvalue weighted by Gasteiger charge is 2.35. The number of ether oxygens (including phenoxy) is 1. The Kier molecular flexibility index (Phi) is 5.50. The van der Waals surface area contributed by atoms with Crippen LogP contribution in [0.5, 0.6) is 5.75 Å². The molecule has 1 aromatic carbocycles. The monoisotopic (exact) mass is 400 g/mol. The molecule has 2 aliphatic rings. The highest BCUT2D eigenvalue weighted by atomic mass is 79.9. The van der Waals surface area contributed by atoms with Gasteiger partial charge in [-0.3, -0.25) is 0 Å². The minimum absolute atomic E-state index is 0. The third kappa shape index (κ3) is 3.63. The van der Waals surface area contributed by atoms with E-state index in [0.717, 1.165) is 41.5 Å². The fourth-order valence-corrected chi connectivity index (χ4v) is 3.82. The Morgan fingerprint density at radius 2 is 2.00 bits per heavy atom. The molecule has 0 radical (unpaired) electrons. The van der Waals surface area contributed by atoms with Crippen molar-refractivity contribution >= 4 is 34.0 Å². The summed E-state index contributed by atoms with van der Waals surface area (Å²) in [6.07, 6.45) is -2.55. The second kappa shape index (κ2) is 6.84. The lowest BCUT2D eigenvalue weighted by Gasteiger charge is -2.34. The van der Waals surface area contributed by atoms with Gasteiger partial charge in [-0.2, -0.15) is 13.2 Å². The average molecular weight is 402 g/mol. The number of nitrogens with zero attached hydrogens (tertiary/aromatic N) is 1. The summed E-state index contributed by atoms with van der Waals surface area (Å²) in [5, 5.41) is 3.31. The SMILES string of the molecule is Cl.FC(F)(F)CN1CCOc2cc3c(c(Br)c21)CCNCC3. The summed E-state index contributed by atoms with van der Waals surface area (Å²) >= 11 is 3.52. The molecule has 1 aromatic rings. The van der Waals surface area contributed by atoms with Gasteiger partial charge in [-0.25, -0.2) is 0 Å². The van der Waals surface area contributed by atoms with Crippen LogP contribution in [0.2, 0.25) is 0 Å². The van der Waals surface area contributed by atoms with Gasteiger partial charge in [0.15, 0.2) is 0 Å². The van der Waals surface area contributed by atoms with E-state index in [1.807, 2.05) is 6.07 Å². The summed E-state index contributed by atoms with van der Waals surface area (Å²) in [6.45, 7) is 1.31. The van der Waals surface area contributed by atoms with Crippen molar-refractivity contribution in [1.82, 2.24) is 5.32 Å². The fourth-order valence-electron chi connectivity index (χ4n) is 2.92. The first kappa shape index (κ1) is 17.7. The molecule has 22 heavy (non-hydrogen) atoms. The molecule has 3 nitrogen and oxygen atoms in total. The van der Waals surface area contributed by atoms with Crippen LogP contribution < -0.4 is 15.0 Å². The number of hydrogen-bond donors (Lipinski definition) is 1. The molecular formula is C14H17BrClF3N2O. The summed E-state index contributed by atoms with van der Waals surface area (Å²) in [7, 11) is 0. The molecule has 2 aliphatic heterocycles. The van der Waals surface area contributed by atoms with E-state index >= 15 is 0 Å². The van der Waals surface area contributed by atoms with Gasteiger partial charge in [0, 0.05) is 4.47 Å². The molecule has 1 N–H and O–H groups in total. The van der Waals surface area contributed by atoms with Gasteiger partial charge < -0.3 is 15.0 Å². The van der Waals surface area contributed by atoms with E-state index < -0.39 is 12.7 Å². The Bertz CT molecular complexity index is 554. The topological polar surface area (TPSA) is 24.5 Å². The van der Waals surface area contributed by atoms with Crippen LogP contribution in [0.15, 0.2) is 10.5 Å². The zero-order chi connectivity index (χ0) is 15.0. The Balaban J connectivity index is 0.00000176. The summed E-state index contributed by atoms with van der Waals surface area (Å²) in [4.78, 5) is 1.36. The van der Waals surface area contributed by atoms with Crippen LogP contribution in [0.25, 0.3) is 0 Å². The molecule has 8 heteroatoms. The van der Waals surface area contributed by atoms with Crippen molar-refractivity contribution in [3.63, 3.8) is 0 Å². The molecular weight excluding hydrogens is 385 g/mol. The van der Waals surface area contributed by atoms with Gasteiger partial charge in [0.2, 0.25) is 0 Å². The second-order valence-electron chi connectivity index (χ2n) is 5.31. The number of halogens is 5. The Morgan fingerprint density at radius 3 is 2.73 bits per heavy atom. The predicted molar refractivity (Wildman–Crippen MR) is 85.4 cm³/mol. The van der Waals surface area contributed by atoms with Crippen molar-refractivity contribution in [1.29, 1.82) is 0 Å². The van der Waals surface area contributed by atoms with Crippen LogP contribution in [0.3, 0.4) is 0 Å². The standard InChI is InChI=1S/C14H16BrF3N2O.ClH/c15-12-10-2-4-19-3-1-9(10)7-11-13(12)20(5-6-21-11)8-14(16,17)18;/h7,19H,1-6,8H2;1H. The molecule has 3 rings (SSSR count). The maximum absolute atomic E-state index is 12.8. The number of rotatable bonds is 1. The summed E-state index contributed by atoms with van der Waals surface area (Å²) in [5.74, 6) is 0.554. The normalized spacial score (nSPS) is 17.7. The number of benzene rings is 1. The molecule has 0 spiro atoms. The molecule has 0 amide bonds. The van der Waals surface area contributed by atoms with Crippen LogP contribution in [0.4, 0.5) is 18.9 Å². The third-order valence-corrected chi connectivity index (χ3v) is 4.68. The molecule has 0 bridgehead atoms. The van der Waals surface area contributed by atoms with E-state index in [-0.39, 0.29) is 25.6 Å². The van der Waals surface area contributed by atoms with Gasteiger partial charge in [-0.1, -0.05) is 0 Å². The number of nitrogens with one attached hydrogen (secondary N) is 1. The first-order chi connectivity index (χ1) is 9.96. The van der Waals surface area contributed by atoms with Crippen LogP contribution in [-0.2, 0) is 12.8 Å². The molecule has 0 saturated heterocycles. The lowest BCUT2D eigenvalue weighted by atomic mass is 10.0. The Labute approximate surface area is 141 Å². The van der Waals surface area contributed by atoms with Gasteiger partial charge in [-0.05, 0) is 59.1 Å². The van der Waals surface area contributed by atoms with Crippen molar-refractivity contribution in [3.8, 4) is 5.75 Å². The first-order valence-electron chi connectivity index (χ1n) is 6.95. The van der Waals surface area contributed by atoms with E-state index in [9.17, 15) is 13.2 Å². The second-order valence-corrected chi connectivity index (χ2v) is 6.10. The van der Waals surface area contributed by atoms with E-state index in [0.29, 0.717) is 11.4 Å². The lowest BCUT2D eigenvalue weighted by molar-refractivity contribution is -0.120. The van der Waals surface area contributed by atoms with Gasteiger partial charge in [0.25, 0.3) is 0 Å². The number of hydrogen-bond acceptors (Lipinski definition) is 3. The number of anilines is 1. The molecule has 0 aliphatic carbocycles. The fraction of sp³-hybridized carbons (Fsp3) is 0.571. The van der Waals surface area contributed by atoms with Crippen LogP contribution in [-0.4, -0.2) is 39.0 Å². The molecule has 0 aromatic heterocycles. The van der Waals surface area contributed by atoms with Crippen LogP contribution in [0.1, 0.15) is 11.1 Å². The third-order valence-electron chi connectivity index (χ3n) is 3.83. The maximum atomic E-state index is 12.8. The van der Waals surface area contributed by atoms with E-state index in [1.54, 1.807) is 0 Å². The van der Waals surface area contributed by atoms with Crippen molar-refractivity contribution < 1.29 is 17.9 Å². The number of alkyl halides is 3. The Hall–Kier alpha value is -0.660. The summed E-state index contributed by atoms with van der Waals surface area (Å²) in [5.41, 5.74) is 2.79. The highest BCUT2D eigenvalue weighted by molar-refractivity contribution is 9.10. The minimum atomic E-state index is -4.22. The van der Waals surface area contributed by atoms with Crippen molar-refractivity contribution in [2.75, 3.05) is 37.7 Å². The zero-order valence-electron chi connectivity index (χ0n) is 11.8. The largest absolute Gasteiger partial charge is 0.490 e. The van der Waals surface area contributed by atoms with E-state index in [4.69, 9.17) is 4.74 Å². The van der Waals surface area contributed by atoms with Crippen molar-refractivity contribution in [2.24, 2.45) is 0 Å². The highest BCUT2D eigenvalue weighted by Crippen LogP contribution is 2.43. The van der Waals surface area contributed by atoms with Crippen molar-refractivity contribution in [2.45, 2.75) is 19.0 Å². The number of fused-ring (bicyclic) bond motifs is 2. The predicted octanol–water partition coefficient (Wildman–Crippen LogP) is 3.32. The first-order valence-corrected chi connectivity index (χ1v) is 7.74. The quantitative estimate of drug-likeness (QED) is 0.781. The zero-order valence-corrected chi connectivity index (χ0v) is 14.2. The van der Waals surface area contributed by atoms with Crippen LogP contribution >= 0.6 is 28.3 Å². The minimum Gasteiger partial charge on any atom is -0.490 e. The molecule has 0 atom stereocenters.